The molecule has 0 saturated heterocycles. The van der Waals surface area contributed by atoms with Crippen molar-refractivity contribution < 1.29 is 19.3 Å². The first-order valence-electron chi connectivity index (χ1n) is 8.04. The zero-order valence-electron chi connectivity index (χ0n) is 14.9. The van der Waals surface area contributed by atoms with Gasteiger partial charge in [-0.15, -0.1) is 5.10 Å². The molecule has 27 heavy (non-hydrogen) atoms. The Morgan fingerprint density at radius 2 is 1.93 bits per heavy atom. The molecule has 9 nitrogen and oxygen atoms in total. The van der Waals surface area contributed by atoms with Gasteiger partial charge in [-0.1, -0.05) is 0 Å². The third-order valence-corrected chi connectivity index (χ3v) is 4.18. The SMILES string of the molecule is COc1cc(-n2cc3nc(-c4cnc(OC)c(OC)c4)ccc3c2O)[nH]n1. The van der Waals surface area contributed by atoms with Crippen LogP contribution in [0, 0.1) is 0 Å². The largest absolute Gasteiger partial charge is 0.494 e. The number of nitrogens with one attached hydrogen (secondary N) is 1. The van der Waals surface area contributed by atoms with Crippen LogP contribution in [0.4, 0.5) is 0 Å². The standard InChI is InChI=1S/C18H17N5O4/c1-25-14-6-10(8-19-17(14)27-3)12-5-4-11-13(20-12)9-23(18(11)24)15-7-16(26-2)22-21-15/h4-9,24H,1-3H3,(H,21,22). The van der Waals surface area contributed by atoms with E-state index in [0.717, 1.165) is 5.56 Å². The topological polar surface area (TPSA) is 107 Å². The van der Waals surface area contributed by atoms with E-state index in [1.54, 1.807) is 42.3 Å². The number of hydrogen-bond acceptors (Lipinski definition) is 7. The summed E-state index contributed by atoms with van der Waals surface area (Å²) >= 11 is 0. The summed E-state index contributed by atoms with van der Waals surface area (Å²) in [6.07, 6.45) is 3.38. The van der Waals surface area contributed by atoms with Crippen LogP contribution in [-0.2, 0) is 0 Å². The van der Waals surface area contributed by atoms with Gasteiger partial charge in [0.15, 0.2) is 5.75 Å². The molecule has 0 atom stereocenters. The van der Waals surface area contributed by atoms with Gasteiger partial charge < -0.3 is 19.3 Å². The molecule has 4 heterocycles. The Bertz CT molecular complexity index is 1120. The van der Waals surface area contributed by atoms with Gasteiger partial charge >= 0.3 is 0 Å². The first-order chi connectivity index (χ1) is 13.1. The highest BCUT2D eigenvalue weighted by Crippen LogP contribution is 2.33. The summed E-state index contributed by atoms with van der Waals surface area (Å²) in [5.41, 5.74) is 2.08. The molecule has 0 radical (unpaired) electrons. The maximum Gasteiger partial charge on any atom is 0.256 e. The van der Waals surface area contributed by atoms with Crippen LogP contribution in [0.15, 0.2) is 36.7 Å². The summed E-state index contributed by atoms with van der Waals surface area (Å²) in [5.74, 6) is 1.96. The number of H-pyrrole nitrogens is 1. The molecular weight excluding hydrogens is 350 g/mol. The lowest BCUT2D eigenvalue weighted by Crippen LogP contribution is -1.94. The third-order valence-electron chi connectivity index (χ3n) is 4.18. The van der Waals surface area contributed by atoms with E-state index < -0.39 is 0 Å². The van der Waals surface area contributed by atoms with E-state index in [1.165, 1.54) is 14.2 Å². The molecule has 138 valence electrons. The lowest BCUT2D eigenvalue weighted by atomic mass is 10.1. The average molecular weight is 367 g/mol. The summed E-state index contributed by atoms with van der Waals surface area (Å²) in [6.45, 7) is 0. The van der Waals surface area contributed by atoms with Crippen LogP contribution in [0.1, 0.15) is 0 Å². The van der Waals surface area contributed by atoms with E-state index in [1.807, 2.05) is 6.07 Å². The van der Waals surface area contributed by atoms with Crippen LogP contribution < -0.4 is 14.2 Å². The first-order valence-corrected chi connectivity index (χ1v) is 8.04. The van der Waals surface area contributed by atoms with Gasteiger partial charge in [-0.2, -0.15) is 0 Å². The van der Waals surface area contributed by atoms with E-state index >= 15 is 0 Å². The van der Waals surface area contributed by atoms with Crippen molar-refractivity contribution in [3.05, 3.63) is 36.7 Å². The van der Waals surface area contributed by atoms with E-state index in [9.17, 15) is 5.11 Å². The van der Waals surface area contributed by atoms with Gasteiger partial charge in [-0.05, 0) is 18.2 Å². The fourth-order valence-corrected chi connectivity index (χ4v) is 2.81. The Kier molecular flexibility index (Phi) is 4.03. The molecule has 0 amide bonds. The Morgan fingerprint density at radius 3 is 2.63 bits per heavy atom. The van der Waals surface area contributed by atoms with Crippen LogP contribution >= 0.6 is 0 Å². The highest BCUT2D eigenvalue weighted by Gasteiger charge is 2.15. The molecule has 0 aromatic carbocycles. The lowest BCUT2D eigenvalue weighted by Gasteiger charge is -2.08. The number of pyridine rings is 2. The zero-order valence-corrected chi connectivity index (χ0v) is 14.9. The summed E-state index contributed by atoms with van der Waals surface area (Å²) in [4.78, 5) is 8.87. The number of aromatic nitrogens is 5. The second kappa shape index (κ2) is 6.52. The highest BCUT2D eigenvalue weighted by atomic mass is 16.5. The molecule has 0 bridgehead atoms. The second-order valence-electron chi connectivity index (χ2n) is 5.68. The minimum absolute atomic E-state index is 0.0563. The Balaban J connectivity index is 1.79. The molecular formula is C18H17N5O4. The molecule has 2 N–H and O–H groups in total. The summed E-state index contributed by atoms with van der Waals surface area (Å²) in [5, 5.41) is 17.9. The Morgan fingerprint density at radius 1 is 1.07 bits per heavy atom. The smallest absolute Gasteiger partial charge is 0.256 e. The molecule has 0 saturated carbocycles. The molecule has 4 aromatic rings. The summed E-state index contributed by atoms with van der Waals surface area (Å²) in [7, 11) is 4.61. The second-order valence-corrected chi connectivity index (χ2v) is 5.68. The van der Waals surface area contributed by atoms with Crippen molar-refractivity contribution in [3.63, 3.8) is 0 Å². The van der Waals surface area contributed by atoms with Gasteiger partial charge in [0.2, 0.25) is 11.8 Å². The quantitative estimate of drug-likeness (QED) is 0.558. The fourth-order valence-electron chi connectivity index (χ4n) is 2.81. The van der Waals surface area contributed by atoms with Gasteiger partial charge in [0.25, 0.3) is 5.88 Å². The molecule has 0 unspecified atom stereocenters. The number of fused-ring (bicyclic) bond motifs is 1. The molecule has 0 aliphatic rings. The van der Waals surface area contributed by atoms with Crippen molar-refractivity contribution in [2.24, 2.45) is 0 Å². The predicted molar refractivity (Wildman–Crippen MR) is 97.8 cm³/mol. The van der Waals surface area contributed by atoms with Crippen LogP contribution in [0.25, 0.3) is 28.0 Å². The monoisotopic (exact) mass is 367 g/mol. The minimum atomic E-state index is 0.0563. The number of aromatic amines is 1. The number of ether oxygens (including phenoxy) is 3. The summed E-state index contributed by atoms with van der Waals surface area (Å²) < 4.78 is 17.1. The third kappa shape index (κ3) is 2.78. The first kappa shape index (κ1) is 16.7. The van der Waals surface area contributed by atoms with E-state index in [0.29, 0.717) is 39.9 Å². The van der Waals surface area contributed by atoms with E-state index in [2.05, 4.69) is 20.2 Å². The summed E-state index contributed by atoms with van der Waals surface area (Å²) in [6, 6.07) is 7.09. The molecule has 4 rings (SSSR count). The molecule has 0 spiro atoms. The van der Waals surface area contributed by atoms with Crippen molar-refractivity contribution in [3.8, 4) is 40.5 Å². The number of hydrogen-bond donors (Lipinski definition) is 2. The van der Waals surface area contributed by atoms with Gasteiger partial charge in [-0.3, -0.25) is 9.67 Å². The fraction of sp³-hybridized carbons (Fsp3) is 0.167. The maximum atomic E-state index is 10.5. The lowest BCUT2D eigenvalue weighted by molar-refractivity contribution is 0.343. The van der Waals surface area contributed by atoms with Crippen LogP contribution in [0.3, 0.4) is 0 Å². The van der Waals surface area contributed by atoms with Crippen LogP contribution in [-0.4, -0.2) is 51.2 Å². The van der Waals surface area contributed by atoms with Gasteiger partial charge in [0.1, 0.15) is 5.82 Å². The molecule has 0 aliphatic heterocycles. The number of nitrogens with zero attached hydrogens (tertiary/aromatic N) is 4. The Hall–Kier alpha value is -3.75. The molecule has 4 aromatic heterocycles. The maximum absolute atomic E-state index is 10.5. The van der Waals surface area contributed by atoms with Crippen molar-refractivity contribution >= 4 is 10.9 Å². The minimum Gasteiger partial charge on any atom is -0.494 e. The van der Waals surface area contributed by atoms with Crippen molar-refractivity contribution in [2.45, 2.75) is 0 Å². The normalized spacial score (nSPS) is 10.9. The molecule has 0 aliphatic carbocycles. The van der Waals surface area contributed by atoms with Gasteiger partial charge in [-0.25, -0.2) is 9.97 Å². The van der Waals surface area contributed by atoms with Crippen molar-refractivity contribution in [1.29, 1.82) is 0 Å². The zero-order chi connectivity index (χ0) is 19.0. The molecule has 0 fully saturated rings. The number of methoxy groups -OCH3 is 3. The van der Waals surface area contributed by atoms with Crippen LogP contribution in [0.2, 0.25) is 0 Å². The number of aromatic hydroxyl groups is 1. The molecule has 9 heteroatoms. The predicted octanol–water partition coefficient (Wildman–Crippen LogP) is 2.54. The van der Waals surface area contributed by atoms with Crippen molar-refractivity contribution in [1.82, 2.24) is 24.7 Å². The average Bonchev–Trinajstić information content (AvgIpc) is 3.31. The van der Waals surface area contributed by atoms with Crippen LogP contribution in [0.5, 0.6) is 23.4 Å². The van der Waals surface area contributed by atoms with Gasteiger partial charge in [0.05, 0.1) is 37.9 Å². The number of rotatable bonds is 5. The highest BCUT2D eigenvalue weighted by molar-refractivity contribution is 5.87. The van der Waals surface area contributed by atoms with Crippen molar-refractivity contribution in [2.75, 3.05) is 21.3 Å². The van der Waals surface area contributed by atoms with E-state index in [-0.39, 0.29) is 5.88 Å². The van der Waals surface area contributed by atoms with E-state index in [4.69, 9.17) is 14.2 Å². The Labute approximate surface area is 154 Å². The van der Waals surface area contributed by atoms with Gasteiger partial charge in [0, 0.05) is 24.0 Å².